The zero-order chi connectivity index (χ0) is 25.5. The minimum atomic E-state index is -0.829. The van der Waals surface area contributed by atoms with Gasteiger partial charge in [-0.05, 0) is 42.5 Å². The van der Waals surface area contributed by atoms with Crippen molar-refractivity contribution in [3.8, 4) is 17.2 Å². The van der Waals surface area contributed by atoms with Gasteiger partial charge in [-0.25, -0.2) is 4.79 Å². The number of non-ortho nitro benzene ring substituents is 1. The fraction of sp³-hybridized carbons (Fsp3) is 0.125. The Hall–Kier alpha value is -4.44. The summed E-state index contributed by atoms with van der Waals surface area (Å²) in [5.41, 5.74) is 0.474. The Labute approximate surface area is 204 Å². The molecule has 35 heavy (non-hydrogen) atoms. The zero-order valence-electron chi connectivity index (χ0n) is 18.6. The van der Waals surface area contributed by atoms with Gasteiger partial charge in [0.2, 0.25) is 5.91 Å². The molecule has 3 rings (SSSR count). The third-order valence-corrected chi connectivity index (χ3v) is 4.93. The number of ketones is 1. The third-order valence-electron chi connectivity index (χ3n) is 4.61. The molecule has 0 heterocycles. The average Bonchev–Trinajstić information content (AvgIpc) is 2.83. The van der Waals surface area contributed by atoms with Crippen LogP contribution < -0.4 is 14.8 Å². The Morgan fingerprint density at radius 2 is 1.60 bits per heavy atom. The standard InChI is InChI=1S/C24H19ClN2O8/c1-14(28)26-21-12-23(33-2)19(11-20(21)25)24(30)34-13-22(29)15-3-7-17(8-4-15)35-18-9-5-16(6-10-18)27(31)32/h3-12H,13H2,1-2H3,(H,26,28). The van der Waals surface area contributed by atoms with E-state index in [4.69, 9.17) is 25.8 Å². The first-order valence-electron chi connectivity index (χ1n) is 10.1. The summed E-state index contributed by atoms with van der Waals surface area (Å²) in [5, 5.41) is 13.3. The van der Waals surface area contributed by atoms with Gasteiger partial charge >= 0.3 is 5.97 Å². The third kappa shape index (κ3) is 6.55. The van der Waals surface area contributed by atoms with E-state index in [1.807, 2.05) is 0 Å². The Morgan fingerprint density at radius 3 is 2.14 bits per heavy atom. The van der Waals surface area contributed by atoms with Gasteiger partial charge in [-0.15, -0.1) is 0 Å². The summed E-state index contributed by atoms with van der Waals surface area (Å²) in [4.78, 5) is 46.4. The van der Waals surface area contributed by atoms with Crippen LogP contribution in [0.15, 0.2) is 60.7 Å². The van der Waals surface area contributed by atoms with Crippen LogP contribution in [0.3, 0.4) is 0 Å². The minimum absolute atomic E-state index is 0.00810. The summed E-state index contributed by atoms with van der Waals surface area (Å²) in [6.45, 7) is 0.778. The molecule has 0 aliphatic carbocycles. The average molecular weight is 499 g/mol. The fourth-order valence-corrected chi connectivity index (χ4v) is 3.15. The number of nitro groups is 1. The van der Waals surface area contributed by atoms with E-state index in [9.17, 15) is 24.5 Å². The Bertz CT molecular complexity index is 1270. The first-order chi connectivity index (χ1) is 16.7. The van der Waals surface area contributed by atoms with Crippen molar-refractivity contribution in [1.29, 1.82) is 0 Å². The number of rotatable bonds is 9. The number of halogens is 1. The molecule has 0 saturated heterocycles. The number of nitrogens with zero attached hydrogens (tertiary/aromatic N) is 1. The van der Waals surface area contributed by atoms with E-state index in [2.05, 4.69) is 5.32 Å². The van der Waals surface area contributed by atoms with Gasteiger partial charge in [0, 0.05) is 30.7 Å². The summed E-state index contributed by atoms with van der Waals surface area (Å²) in [6, 6.07) is 14.3. The number of nitrogens with one attached hydrogen (secondary N) is 1. The predicted octanol–water partition coefficient (Wildman–Crippen LogP) is 5.05. The molecule has 180 valence electrons. The Kier molecular flexibility index (Phi) is 8.00. The number of hydrogen-bond acceptors (Lipinski definition) is 8. The van der Waals surface area contributed by atoms with Crippen molar-refractivity contribution in [2.75, 3.05) is 19.0 Å². The maximum absolute atomic E-state index is 12.5. The second-order valence-electron chi connectivity index (χ2n) is 7.09. The molecule has 0 radical (unpaired) electrons. The van der Waals surface area contributed by atoms with Crippen LogP contribution in [0.25, 0.3) is 0 Å². The molecule has 1 N–H and O–H groups in total. The van der Waals surface area contributed by atoms with E-state index in [0.29, 0.717) is 11.5 Å². The van der Waals surface area contributed by atoms with Gasteiger partial charge in [-0.2, -0.15) is 0 Å². The van der Waals surface area contributed by atoms with E-state index >= 15 is 0 Å². The molecule has 0 saturated carbocycles. The van der Waals surface area contributed by atoms with Crippen LogP contribution in [0.5, 0.6) is 17.2 Å². The maximum atomic E-state index is 12.5. The second kappa shape index (κ2) is 11.1. The van der Waals surface area contributed by atoms with Crippen molar-refractivity contribution in [2.45, 2.75) is 6.92 Å². The number of carbonyl (C=O) groups is 3. The van der Waals surface area contributed by atoms with Gasteiger partial charge in [-0.1, -0.05) is 11.6 Å². The second-order valence-corrected chi connectivity index (χ2v) is 7.50. The number of esters is 1. The first-order valence-corrected chi connectivity index (χ1v) is 10.4. The van der Waals surface area contributed by atoms with Gasteiger partial charge in [0.25, 0.3) is 5.69 Å². The minimum Gasteiger partial charge on any atom is -0.496 e. The highest BCUT2D eigenvalue weighted by Crippen LogP contribution is 2.31. The number of anilines is 1. The summed E-state index contributed by atoms with van der Waals surface area (Å²) in [5.74, 6) is -0.723. The number of carbonyl (C=O) groups excluding carboxylic acids is 3. The van der Waals surface area contributed by atoms with E-state index in [1.165, 1.54) is 62.6 Å². The van der Waals surface area contributed by atoms with Crippen molar-refractivity contribution in [2.24, 2.45) is 0 Å². The molecule has 0 fully saturated rings. The lowest BCUT2D eigenvalue weighted by Gasteiger charge is -2.12. The number of benzene rings is 3. The van der Waals surface area contributed by atoms with E-state index in [1.54, 1.807) is 12.1 Å². The molecule has 3 aromatic carbocycles. The van der Waals surface area contributed by atoms with Crippen LogP contribution in [-0.4, -0.2) is 36.3 Å². The van der Waals surface area contributed by atoms with Crippen LogP contribution in [0.2, 0.25) is 5.02 Å². The smallest absolute Gasteiger partial charge is 0.342 e. The van der Waals surface area contributed by atoms with Crippen LogP contribution in [0.1, 0.15) is 27.6 Å². The van der Waals surface area contributed by atoms with Crippen LogP contribution in [0, 0.1) is 10.1 Å². The molecule has 0 aliphatic heterocycles. The summed E-state index contributed by atoms with van der Waals surface area (Å²) in [6.07, 6.45) is 0. The van der Waals surface area contributed by atoms with E-state index < -0.39 is 23.3 Å². The normalized spacial score (nSPS) is 10.3. The number of nitro benzene ring substituents is 1. The molecule has 0 atom stereocenters. The van der Waals surface area contributed by atoms with Gasteiger partial charge in [-0.3, -0.25) is 19.7 Å². The van der Waals surface area contributed by atoms with Crippen molar-refractivity contribution in [3.63, 3.8) is 0 Å². The van der Waals surface area contributed by atoms with Crippen LogP contribution in [0.4, 0.5) is 11.4 Å². The molecule has 3 aromatic rings. The lowest BCUT2D eigenvalue weighted by molar-refractivity contribution is -0.384. The van der Waals surface area contributed by atoms with Crippen LogP contribution in [-0.2, 0) is 9.53 Å². The Balaban J connectivity index is 1.62. The van der Waals surface area contributed by atoms with Crippen molar-refractivity contribution in [3.05, 3.63) is 86.9 Å². The number of methoxy groups -OCH3 is 1. The van der Waals surface area contributed by atoms with Gasteiger partial charge < -0.3 is 19.5 Å². The summed E-state index contributed by atoms with van der Waals surface area (Å²) >= 11 is 6.11. The molecule has 0 unspecified atom stereocenters. The molecule has 0 bridgehead atoms. The van der Waals surface area contributed by atoms with Crippen LogP contribution >= 0.6 is 11.6 Å². The van der Waals surface area contributed by atoms with E-state index in [-0.39, 0.29) is 39.2 Å². The largest absolute Gasteiger partial charge is 0.496 e. The molecule has 1 amide bonds. The highest BCUT2D eigenvalue weighted by Gasteiger charge is 2.19. The Morgan fingerprint density at radius 1 is 1.00 bits per heavy atom. The summed E-state index contributed by atoms with van der Waals surface area (Å²) < 4.78 is 15.9. The van der Waals surface area contributed by atoms with Gasteiger partial charge in [0.15, 0.2) is 12.4 Å². The molecular formula is C24H19ClN2O8. The van der Waals surface area contributed by atoms with Crippen molar-refractivity contribution >= 4 is 40.6 Å². The zero-order valence-corrected chi connectivity index (χ0v) is 19.3. The molecule has 10 nitrogen and oxygen atoms in total. The lowest BCUT2D eigenvalue weighted by Crippen LogP contribution is -2.15. The highest BCUT2D eigenvalue weighted by atomic mass is 35.5. The molecule has 0 aromatic heterocycles. The SMILES string of the molecule is COc1cc(NC(C)=O)c(Cl)cc1C(=O)OCC(=O)c1ccc(Oc2ccc([N+](=O)[O-])cc2)cc1. The summed E-state index contributed by atoms with van der Waals surface area (Å²) in [7, 11) is 1.34. The lowest BCUT2D eigenvalue weighted by atomic mass is 10.1. The number of ether oxygens (including phenoxy) is 3. The highest BCUT2D eigenvalue weighted by molar-refractivity contribution is 6.34. The number of Topliss-reactive ketones (excluding diaryl/α,β-unsaturated/α-hetero) is 1. The van der Waals surface area contributed by atoms with Crippen molar-refractivity contribution in [1.82, 2.24) is 0 Å². The first kappa shape index (κ1) is 25.2. The topological polar surface area (TPSA) is 134 Å². The number of amides is 1. The van der Waals surface area contributed by atoms with Gasteiger partial charge in [0.05, 0.1) is 22.7 Å². The van der Waals surface area contributed by atoms with E-state index in [0.717, 1.165) is 0 Å². The molecule has 0 aliphatic rings. The van der Waals surface area contributed by atoms with Crippen molar-refractivity contribution < 1.29 is 33.5 Å². The monoisotopic (exact) mass is 498 g/mol. The molecular weight excluding hydrogens is 480 g/mol. The van der Waals surface area contributed by atoms with Gasteiger partial charge in [0.1, 0.15) is 22.8 Å². The fourth-order valence-electron chi connectivity index (χ4n) is 2.94. The quantitative estimate of drug-likeness (QED) is 0.187. The molecule has 11 heteroatoms. The molecule has 0 spiro atoms. The maximum Gasteiger partial charge on any atom is 0.342 e. The number of hydrogen-bond donors (Lipinski definition) is 1. The predicted molar refractivity (Wildman–Crippen MR) is 127 cm³/mol.